The maximum Gasteiger partial charge on any atom is 0.181 e. The monoisotopic (exact) mass is 400 g/mol. The van der Waals surface area contributed by atoms with Gasteiger partial charge in [0, 0.05) is 13.6 Å². The van der Waals surface area contributed by atoms with Crippen LogP contribution in [-0.4, -0.2) is 19.9 Å². The van der Waals surface area contributed by atoms with Crippen LogP contribution in [0.5, 0.6) is 0 Å². The van der Waals surface area contributed by atoms with Crippen LogP contribution in [0.25, 0.3) is 22.6 Å². The third kappa shape index (κ3) is 2.06. The molecule has 0 fully saturated rings. The molecule has 84 valence electrons. The van der Waals surface area contributed by atoms with Crippen LogP contribution in [-0.2, 0) is 0 Å². The first kappa shape index (κ1) is 11.1. The predicted molar refractivity (Wildman–Crippen MR) is 77.5 cm³/mol. The minimum Gasteiger partial charge on any atom is -0.335 e. The van der Waals surface area contributed by atoms with Gasteiger partial charge in [-0.3, -0.25) is 0 Å². The van der Waals surface area contributed by atoms with Crippen LogP contribution in [0, 0.1) is 3.57 Å². The molecule has 2 aromatic heterocycles. The van der Waals surface area contributed by atoms with Crippen LogP contribution in [0.15, 0.2) is 35.2 Å². The molecule has 4 nitrogen and oxygen atoms in total. The molecule has 0 aliphatic heterocycles. The molecule has 2 heterocycles. The van der Waals surface area contributed by atoms with Crippen molar-refractivity contribution in [2.75, 3.05) is 0 Å². The Morgan fingerprint density at radius 2 is 2.18 bits per heavy atom. The Labute approximate surface area is 119 Å². The Morgan fingerprint density at radius 3 is 3.00 bits per heavy atom. The van der Waals surface area contributed by atoms with E-state index in [0.717, 1.165) is 24.9 Å². The van der Waals surface area contributed by atoms with Crippen LogP contribution in [0.1, 0.15) is 0 Å². The highest BCUT2D eigenvalue weighted by Crippen LogP contribution is 2.28. The largest absolute Gasteiger partial charge is 0.335 e. The zero-order valence-corrected chi connectivity index (χ0v) is 12.2. The van der Waals surface area contributed by atoms with Crippen molar-refractivity contribution in [1.82, 2.24) is 19.9 Å². The number of halogens is 2. The molecule has 17 heavy (non-hydrogen) atoms. The van der Waals surface area contributed by atoms with Crippen molar-refractivity contribution in [3.63, 3.8) is 0 Å². The van der Waals surface area contributed by atoms with E-state index in [1.807, 2.05) is 12.1 Å². The lowest BCUT2D eigenvalue weighted by Gasteiger charge is -2.00. The fraction of sp³-hybridized carbons (Fsp3) is 0. The molecular formula is C11H6BrIN4. The fourth-order valence-electron chi connectivity index (χ4n) is 1.57. The number of nitrogens with one attached hydrogen (secondary N) is 1. The van der Waals surface area contributed by atoms with E-state index in [1.54, 1.807) is 6.20 Å². The molecular weight excluding hydrogens is 395 g/mol. The lowest BCUT2D eigenvalue weighted by Crippen LogP contribution is -1.83. The minimum absolute atomic E-state index is 0.681. The zero-order valence-electron chi connectivity index (χ0n) is 8.48. The van der Waals surface area contributed by atoms with Gasteiger partial charge in [-0.05, 0) is 40.8 Å². The normalized spacial score (nSPS) is 10.9. The van der Waals surface area contributed by atoms with E-state index in [0.29, 0.717) is 5.65 Å². The standard InChI is InChI=1S/C11H6BrIN4/c12-8-2-1-6(13)3-7(8)10-16-9-4-14-5-15-11(9)17-10/h1-5H,(H,14,15,16,17). The van der Waals surface area contributed by atoms with Gasteiger partial charge in [0.05, 0.1) is 6.20 Å². The number of fused-ring (bicyclic) bond motifs is 1. The van der Waals surface area contributed by atoms with Crippen molar-refractivity contribution in [1.29, 1.82) is 0 Å². The first-order chi connectivity index (χ1) is 8.24. The summed E-state index contributed by atoms with van der Waals surface area (Å²) in [7, 11) is 0. The second-order valence-electron chi connectivity index (χ2n) is 3.47. The second kappa shape index (κ2) is 4.34. The quantitative estimate of drug-likeness (QED) is 0.637. The van der Waals surface area contributed by atoms with Crippen LogP contribution in [0.3, 0.4) is 0 Å². The van der Waals surface area contributed by atoms with E-state index in [4.69, 9.17) is 0 Å². The summed E-state index contributed by atoms with van der Waals surface area (Å²) in [5, 5.41) is 0. The molecule has 0 unspecified atom stereocenters. The molecule has 3 aromatic rings. The molecule has 3 rings (SSSR count). The maximum absolute atomic E-state index is 4.44. The molecule has 0 saturated heterocycles. The van der Waals surface area contributed by atoms with E-state index in [2.05, 4.69) is 64.5 Å². The number of aromatic nitrogens is 4. The lowest BCUT2D eigenvalue weighted by atomic mass is 10.2. The van der Waals surface area contributed by atoms with E-state index >= 15 is 0 Å². The van der Waals surface area contributed by atoms with Crippen molar-refractivity contribution in [2.24, 2.45) is 0 Å². The van der Waals surface area contributed by atoms with E-state index in [1.165, 1.54) is 6.33 Å². The van der Waals surface area contributed by atoms with Gasteiger partial charge in [0.1, 0.15) is 17.7 Å². The average molecular weight is 401 g/mol. The molecule has 0 amide bonds. The number of imidazole rings is 1. The van der Waals surface area contributed by atoms with Gasteiger partial charge in [0.25, 0.3) is 0 Å². The van der Waals surface area contributed by atoms with E-state index < -0.39 is 0 Å². The predicted octanol–water partition coefficient (Wildman–Crippen LogP) is 3.39. The lowest BCUT2D eigenvalue weighted by molar-refractivity contribution is 1.20. The summed E-state index contributed by atoms with van der Waals surface area (Å²) in [6, 6.07) is 6.11. The van der Waals surface area contributed by atoms with Gasteiger partial charge in [-0.2, -0.15) is 0 Å². The molecule has 0 radical (unpaired) electrons. The Bertz CT molecular complexity index is 662. The molecule has 1 N–H and O–H groups in total. The molecule has 0 bridgehead atoms. The van der Waals surface area contributed by atoms with Crippen molar-refractivity contribution in [3.05, 3.63) is 38.8 Å². The van der Waals surface area contributed by atoms with Crippen molar-refractivity contribution in [2.45, 2.75) is 0 Å². The summed E-state index contributed by atoms with van der Waals surface area (Å²) in [6.45, 7) is 0. The summed E-state index contributed by atoms with van der Waals surface area (Å²) in [4.78, 5) is 15.7. The van der Waals surface area contributed by atoms with Gasteiger partial charge in [-0.15, -0.1) is 0 Å². The molecule has 0 atom stereocenters. The summed E-state index contributed by atoms with van der Waals surface area (Å²) in [5.41, 5.74) is 2.55. The molecule has 0 saturated carbocycles. The van der Waals surface area contributed by atoms with Gasteiger partial charge in [-0.25, -0.2) is 15.0 Å². The van der Waals surface area contributed by atoms with Gasteiger partial charge in [0.2, 0.25) is 0 Å². The third-order valence-electron chi connectivity index (χ3n) is 2.35. The van der Waals surface area contributed by atoms with Gasteiger partial charge < -0.3 is 4.98 Å². The smallest absolute Gasteiger partial charge is 0.181 e. The minimum atomic E-state index is 0.681. The Kier molecular flexibility index (Phi) is 2.83. The fourth-order valence-corrected chi connectivity index (χ4v) is 2.49. The molecule has 6 heteroatoms. The van der Waals surface area contributed by atoms with Gasteiger partial charge >= 0.3 is 0 Å². The Balaban J connectivity index is 2.23. The first-order valence-electron chi connectivity index (χ1n) is 4.85. The topological polar surface area (TPSA) is 54.5 Å². The van der Waals surface area contributed by atoms with Gasteiger partial charge in [0.15, 0.2) is 5.65 Å². The van der Waals surface area contributed by atoms with E-state index in [-0.39, 0.29) is 0 Å². The summed E-state index contributed by atoms with van der Waals surface area (Å²) in [5.74, 6) is 0.797. The summed E-state index contributed by atoms with van der Waals surface area (Å²) in [6.07, 6.45) is 3.22. The molecule has 1 aromatic carbocycles. The highest BCUT2D eigenvalue weighted by molar-refractivity contribution is 14.1. The average Bonchev–Trinajstić information content (AvgIpc) is 2.75. The van der Waals surface area contributed by atoms with Gasteiger partial charge in [-0.1, -0.05) is 15.9 Å². The summed E-state index contributed by atoms with van der Waals surface area (Å²) < 4.78 is 2.16. The number of H-pyrrole nitrogens is 1. The molecule has 0 aliphatic rings. The number of benzene rings is 1. The first-order valence-corrected chi connectivity index (χ1v) is 6.72. The number of nitrogens with zero attached hydrogens (tertiary/aromatic N) is 3. The molecule has 0 spiro atoms. The van der Waals surface area contributed by atoms with Crippen molar-refractivity contribution in [3.8, 4) is 11.4 Å². The molecule has 0 aliphatic carbocycles. The third-order valence-corrected chi connectivity index (χ3v) is 3.71. The maximum atomic E-state index is 4.44. The number of hydrogen-bond acceptors (Lipinski definition) is 3. The van der Waals surface area contributed by atoms with E-state index in [9.17, 15) is 0 Å². The number of rotatable bonds is 1. The van der Waals surface area contributed by atoms with Crippen molar-refractivity contribution < 1.29 is 0 Å². The summed E-state index contributed by atoms with van der Waals surface area (Å²) >= 11 is 5.80. The number of aromatic amines is 1. The zero-order chi connectivity index (χ0) is 11.8. The number of hydrogen-bond donors (Lipinski definition) is 1. The van der Waals surface area contributed by atoms with Crippen LogP contribution in [0.2, 0.25) is 0 Å². The SMILES string of the molecule is Brc1ccc(I)cc1-c1nc2ncncc2[nH]1. The highest BCUT2D eigenvalue weighted by Gasteiger charge is 2.09. The van der Waals surface area contributed by atoms with Crippen molar-refractivity contribution >= 4 is 49.7 Å². The van der Waals surface area contributed by atoms with Crippen LogP contribution < -0.4 is 0 Å². The highest BCUT2D eigenvalue weighted by atomic mass is 127. The van der Waals surface area contributed by atoms with Crippen LogP contribution in [0.4, 0.5) is 0 Å². The second-order valence-corrected chi connectivity index (χ2v) is 5.57. The Hall–Kier alpha value is -1.02. The Morgan fingerprint density at radius 1 is 1.29 bits per heavy atom. The van der Waals surface area contributed by atoms with Crippen LogP contribution >= 0.6 is 38.5 Å².